The van der Waals surface area contributed by atoms with Crippen LogP contribution >= 0.6 is 0 Å². The van der Waals surface area contributed by atoms with Crippen LogP contribution in [0, 0.1) is 6.92 Å². The predicted octanol–water partition coefficient (Wildman–Crippen LogP) is 5.46. The maximum atomic E-state index is 6.22. The van der Waals surface area contributed by atoms with Gasteiger partial charge in [-0.15, -0.1) is 0 Å². The van der Waals surface area contributed by atoms with Crippen LogP contribution in [-0.2, 0) is 0 Å². The summed E-state index contributed by atoms with van der Waals surface area (Å²) < 4.78 is 0. The fourth-order valence-electron chi connectivity index (χ4n) is 3.23. The van der Waals surface area contributed by atoms with Gasteiger partial charge in [0.15, 0.2) is 0 Å². The monoisotopic (exact) mass is 310 g/mol. The third-order valence-electron chi connectivity index (χ3n) is 4.44. The molecule has 2 nitrogen and oxygen atoms in total. The first-order valence-electron chi connectivity index (χ1n) is 8.04. The Morgan fingerprint density at radius 3 is 2.29 bits per heavy atom. The molecule has 1 aromatic heterocycles. The number of nitrogens with zero attached hydrogens (tertiary/aromatic N) is 1. The second-order valence-electron chi connectivity index (χ2n) is 6.00. The quantitative estimate of drug-likeness (QED) is 0.534. The third-order valence-corrected chi connectivity index (χ3v) is 4.44. The first kappa shape index (κ1) is 14.5. The Hall–Kier alpha value is -3.13. The summed E-state index contributed by atoms with van der Waals surface area (Å²) in [5.41, 5.74) is 12.2. The molecule has 0 aliphatic heterocycles. The number of rotatable bonds is 2. The van der Waals surface area contributed by atoms with Crippen LogP contribution in [0.25, 0.3) is 33.0 Å². The lowest BCUT2D eigenvalue weighted by molar-refractivity contribution is 1.37. The highest BCUT2D eigenvalue weighted by molar-refractivity contribution is 6.05. The Balaban J connectivity index is 2.09. The molecule has 2 N–H and O–H groups in total. The Morgan fingerprint density at radius 1 is 0.750 bits per heavy atom. The van der Waals surface area contributed by atoms with Crippen molar-refractivity contribution in [2.24, 2.45) is 0 Å². The Labute approximate surface area is 141 Å². The van der Waals surface area contributed by atoms with Gasteiger partial charge in [-0.05, 0) is 58.3 Å². The van der Waals surface area contributed by atoms with Gasteiger partial charge in [0.2, 0.25) is 0 Å². The molecule has 4 aromatic rings. The van der Waals surface area contributed by atoms with E-state index in [9.17, 15) is 0 Å². The van der Waals surface area contributed by atoms with E-state index in [2.05, 4.69) is 72.6 Å². The Kier molecular flexibility index (Phi) is 3.51. The molecule has 0 aliphatic carbocycles. The number of anilines is 1. The van der Waals surface area contributed by atoms with Crippen LogP contribution in [0.15, 0.2) is 79.0 Å². The number of pyridine rings is 1. The molecule has 0 radical (unpaired) electrons. The first-order valence-corrected chi connectivity index (χ1v) is 8.04. The van der Waals surface area contributed by atoms with Crippen molar-refractivity contribution in [2.45, 2.75) is 6.92 Å². The largest absolute Gasteiger partial charge is 0.383 e. The minimum Gasteiger partial charge on any atom is -0.383 e. The van der Waals surface area contributed by atoms with Crippen molar-refractivity contribution in [3.8, 4) is 22.3 Å². The molecule has 2 heteroatoms. The standard InChI is InChI=1S/C22H18N2/c1-15-7-5-6-10-19(15)20-14-18(16-8-3-2-4-9-16)13-17-11-12-24-22(23)21(17)20/h2-14H,1H3,(H2,23,24). The number of fused-ring (bicyclic) bond motifs is 1. The summed E-state index contributed by atoms with van der Waals surface area (Å²) in [6.45, 7) is 2.13. The minimum atomic E-state index is 0.574. The van der Waals surface area contributed by atoms with Crippen molar-refractivity contribution in [3.63, 3.8) is 0 Å². The Bertz CT molecular complexity index is 1020. The fraction of sp³-hybridized carbons (Fsp3) is 0.0455. The van der Waals surface area contributed by atoms with Crippen molar-refractivity contribution in [3.05, 3.63) is 84.6 Å². The summed E-state index contributed by atoms with van der Waals surface area (Å²) in [4.78, 5) is 4.30. The maximum absolute atomic E-state index is 6.22. The van der Waals surface area contributed by atoms with E-state index in [0.717, 1.165) is 16.3 Å². The number of aromatic nitrogens is 1. The second kappa shape index (κ2) is 5.82. The molecule has 1 heterocycles. The average molecular weight is 310 g/mol. The molecule has 0 amide bonds. The van der Waals surface area contributed by atoms with E-state index >= 15 is 0 Å². The number of nitrogen functional groups attached to an aromatic ring is 1. The van der Waals surface area contributed by atoms with Crippen molar-refractivity contribution in [1.29, 1.82) is 0 Å². The summed E-state index contributed by atoms with van der Waals surface area (Å²) in [5.74, 6) is 0.574. The van der Waals surface area contributed by atoms with Gasteiger partial charge >= 0.3 is 0 Å². The topological polar surface area (TPSA) is 38.9 Å². The lowest BCUT2D eigenvalue weighted by Crippen LogP contribution is -1.95. The molecule has 116 valence electrons. The zero-order valence-corrected chi connectivity index (χ0v) is 13.5. The molecule has 0 saturated heterocycles. The molecule has 0 fully saturated rings. The van der Waals surface area contributed by atoms with Crippen molar-refractivity contribution in [1.82, 2.24) is 4.98 Å². The van der Waals surface area contributed by atoms with Gasteiger partial charge in [0.05, 0.1) is 0 Å². The fourth-order valence-corrected chi connectivity index (χ4v) is 3.23. The van der Waals surface area contributed by atoms with Crippen molar-refractivity contribution < 1.29 is 0 Å². The van der Waals surface area contributed by atoms with Crippen LogP contribution in [0.5, 0.6) is 0 Å². The normalized spacial score (nSPS) is 10.9. The van der Waals surface area contributed by atoms with E-state index in [1.165, 1.54) is 22.3 Å². The van der Waals surface area contributed by atoms with Crippen molar-refractivity contribution >= 4 is 16.6 Å². The van der Waals surface area contributed by atoms with E-state index in [0.29, 0.717) is 5.82 Å². The van der Waals surface area contributed by atoms with Gasteiger partial charge in [0.25, 0.3) is 0 Å². The van der Waals surface area contributed by atoms with Gasteiger partial charge in [0, 0.05) is 11.6 Å². The molecule has 0 aliphatic rings. The van der Waals surface area contributed by atoms with E-state index in [-0.39, 0.29) is 0 Å². The third kappa shape index (κ3) is 2.42. The molecule has 4 rings (SSSR count). The maximum Gasteiger partial charge on any atom is 0.131 e. The van der Waals surface area contributed by atoms with Crippen LogP contribution in [0.4, 0.5) is 5.82 Å². The van der Waals surface area contributed by atoms with Crippen LogP contribution in [0.3, 0.4) is 0 Å². The van der Waals surface area contributed by atoms with Gasteiger partial charge < -0.3 is 5.73 Å². The van der Waals surface area contributed by atoms with Crippen LogP contribution < -0.4 is 5.73 Å². The van der Waals surface area contributed by atoms with E-state index in [1.54, 1.807) is 6.20 Å². The summed E-state index contributed by atoms with van der Waals surface area (Å²) in [7, 11) is 0. The van der Waals surface area contributed by atoms with Gasteiger partial charge in [-0.2, -0.15) is 0 Å². The van der Waals surface area contributed by atoms with Gasteiger partial charge in [-0.3, -0.25) is 0 Å². The second-order valence-corrected chi connectivity index (χ2v) is 6.00. The van der Waals surface area contributed by atoms with Crippen LogP contribution in [0.1, 0.15) is 5.56 Å². The molecular formula is C22H18N2. The van der Waals surface area contributed by atoms with Crippen LogP contribution in [0.2, 0.25) is 0 Å². The number of benzene rings is 3. The summed E-state index contributed by atoms with van der Waals surface area (Å²) in [6.07, 6.45) is 1.77. The minimum absolute atomic E-state index is 0.574. The summed E-state index contributed by atoms with van der Waals surface area (Å²) in [6, 6.07) is 25.3. The van der Waals surface area contributed by atoms with E-state index in [4.69, 9.17) is 5.73 Å². The lowest BCUT2D eigenvalue weighted by atomic mass is 9.91. The molecule has 0 unspecified atom stereocenters. The smallest absolute Gasteiger partial charge is 0.131 e. The zero-order valence-electron chi connectivity index (χ0n) is 13.5. The van der Waals surface area contributed by atoms with Gasteiger partial charge in [0.1, 0.15) is 5.82 Å². The Morgan fingerprint density at radius 2 is 1.50 bits per heavy atom. The molecule has 0 atom stereocenters. The predicted molar refractivity (Wildman–Crippen MR) is 102 cm³/mol. The van der Waals surface area contributed by atoms with E-state index in [1.807, 2.05) is 12.1 Å². The number of hydrogen-bond donors (Lipinski definition) is 1. The van der Waals surface area contributed by atoms with Gasteiger partial charge in [-0.25, -0.2) is 4.98 Å². The molecular weight excluding hydrogens is 292 g/mol. The van der Waals surface area contributed by atoms with Gasteiger partial charge in [-0.1, -0.05) is 54.6 Å². The highest BCUT2D eigenvalue weighted by Gasteiger charge is 2.12. The van der Waals surface area contributed by atoms with Crippen LogP contribution in [-0.4, -0.2) is 4.98 Å². The molecule has 24 heavy (non-hydrogen) atoms. The van der Waals surface area contributed by atoms with Crippen molar-refractivity contribution in [2.75, 3.05) is 5.73 Å². The molecule has 0 bridgehead atoms. The summed E-state index contributed by atoms with van der Waals surface area (Å²) >= 11 is 0. The lowest BCUT2D eigenvalue weighted by Gasteiger charge is -2.14. The highest BCUT2D eigenvalue weighted by Crippen LogP contribution is 2.37. The molecule has 0 saturated carbocycles. The highest BCUT2D eigenvalue weighted by atomic mass is 14.8. The zero-order chi connectivity index (χ0) is 16.5. The molecule has 0 spiro atoms. The number of nitrogens with two attached hydrogens (primary N) is 1. The first-order chi connectivity index (χ1) is 11.7. The average Bonchev–Trinajstić information content (AvgIpc) is 2.62. The summed E-state index contributed by atoms with van der Waals surface area (Å²) in [5, 5.41) is 2.13. The number of hydrogen-bond acceptors (Lipinski definition) is 2. The van der Waals surface area contributed by atoms with E-state index < -0.39 is 0 Å². The molecule has 3 aromatic carbocycles. The number of aryl methyl sites for hydroxylation is 1. The SMILES string of the molecule is Cc1ccccc1-c1cc(-c2ccccc2)cc2ccnc(N)c12.